The Bertz CT molecular complexity index is 1110. The van der Waals surface area contributed by atoms with Crippen molar-refractivity contribution in [2.24, 2.45) is 4.99 Å². The molecule has 0 saturated carbocycles. The van der Waals surface area contributed by atoms with Gasteiger partial charge in [-0.05, 0) is 61.7 Å². The van der Waals surface area contributed by atoms with Crippen molar-refractivity contribution in [1.29, 1.82) is 0 Å². The zero-order valence-corrected chi connectivity index (χ0v) is 20.3. The summed E-state index contributed by atoms with van der Waals surface area (Å²) in [6, 6.07) is 10.2. The number of carbonyl (C=O) groups is 1. The van der Waals surface area contributed by atoms with E-state index in [4.69, 9.17) is 11.6 Å². The Morgan fingerprint density at radius 2 is 1.97 bits per heavy atom. The van der Waals surface area contributed by atoms with Gasteiger partial charge in [-0.15, -0.1) is 0 Å². The number of nitrogens with zero attached hydrogens (tertiary/aromatic N) is 3. The van der Waals surface area contributed by atoms with E-state index in [9.17, 15) is 17.6 Å². The zero-order chi connectivity index (χ0) is 23.3. The number of hydrogen-bond acceptors (Lipinski definition) is 5. The summed E-state index contributed by atoms with van der Waals surface area (Å²) in [5.41, 5.74) is 1.65. The van der Waals surface area contributed by atoms with Crippen LogP contribution in [-0.4, -0.2) is 54.6 Å². The Morgan fingerprint density at radius 3 is 2.66 bits per heavy atom. The number of aliphatic imine (C=N–C) groups is 1. The van der Waals surface area contributed by atoms with Crippen LogP contribution >= 0.6 is 23.4 Å². The molecule has 6 nitrogen and oxygen atoms in total. The molecule has 1 saturated heterocycles. The van der Waals surface area contributed by atoms with Crippen LogP contribution in [0.15, 0.2) is 52.4 Å². The predicted octanol–water partition coefficient (Wildman–Crippen LogP) is 4.84. The van der Waals surface area contributed by atoms with Gasteiger partial charge in [-0.25, -0.2) is 22.1 Å². The highest BCUT2D eigenvalue weighted by atomic mass is 35.5. The van der Waals surface area contributed by atoms with Crippen molar-refractivity contribution in [1.82, 2.24) is 9.21 Å². The van der Waals surface area contributed by atoms with Crippen LogP contribution in [0.2, 0.25) is 5.02 Å². The molecule has 1 fully saturated rings. The van der Waals surface area contributed by atoms with Gasteiger partial charge in [0.25, 0.3) is 0 Å². The number of amidine groups is 1. The van der Waals surface area contributed by atoms with Crippen LogP contribution in [-0.2, 0) is 14.8 Å². The van der Waals surface area contributed by atoms with Gasteiger partial charge in [0.15, 0.2) is 5.17 Å². The number of benzene rings is 2. The van der Waals surface area contributed by atoms with Crippen LogP contribution in [0.3, 0.4) is 0 Å². The fraction of sp³-hybridized carbons (Fsp3) is 0.364. The molecule has 2 aromatic rings. The molecule has 32 heavy (non-hydrogen) atoms. The van der Waals surface area contributed by atoms with E-state index >= 15 is 0 Å². The van der Waals surface area contributed by atoms with E-state index < -0.39 is 15.8 Å². The van der Waals surface area contributed by atoms with Crippen molar-refractivity contribution >= 4 is 50.1 Å². The molecule has 0 bridgehead atoms. The molecule has 172 valence electrons. The average molecular weight is 498 g/mol. The minimum Gasteiger partial charge on any atom is -0.291 e. The third-order valence-corrected chi connectivity index (χ3v) is 8.40. The third-order valence-electron chi connectivity index (χ3n) is 5.05. The summed E-state index contributed by atoms with van der Waals surface area (Å²) in [4.78, 5) is 19.2. The standard InChI is InChI=1S/C22H25ClFN3O3S2/c1-16-6-9-18(15-20(16)23)25-22-27(13-4-14-31-22)21(28)5-3-12-26(2)32(29,30)19-10-7-17(24)8-11-19/h6-11,15H,3-5,12-14H2,1-2H3. The number of aryl methyl sites for hydroxylation is 1. The van der Waals surface area contributed by atoms with E-state index in [1.54, 1.807) is 11.0 Å². The van der Waals surface area contributed by atoms with Crippen LogP contribution in [0, 0.1) is 12.7 Å². The van der Waals surface area contributed by atoms with Gasteiger partial charge in [0.1, 0.15) is 5.82 Å². The Kier molecular flexibility index (Phi) is 8.32. The van der Waals surface area contributed by atoms with Crippen LogP contribution in [0.4, 0.5) is 10.1 Å². The molecule has 0 spiro atoms. The summed E-state index contributed by atoms with van der Waals surface area (Å²) >= 11 is 7.71. The molecule has 1 heterocycles. The highest BCUT2D eigenvalue weighted by Crippen LogP contribution is 2.27. The van der Waals surface area contributed by atoms with Gasteiger partial charge in [0.2, 0.25) is 15.9 Å². The second-order valence-electron chi connectivity index (χ2n) is 7.46. The summed E-state index contributed by atoms with van der Waals surface area (Å²) in [6.45, 7) is 2.66. The Labute approximate surface area is 197 Å². The van der Waals surface area contributed by atoms with Crippen molar-refractivity contribution in [2.75, 3.05) is 25.9 Å². The lowest BCUT2D eigenvalue weighted by molar-refractivity contribution is -0.127. The minimum atomic E-state index is -3.74. The summed E-state index contributed by atoms with van der Waals surface area (Å²) in [5.74, 6) is 0.282. The van der Waals surface area contributed by atoms with Crippen molar-refractivity contribution in [2.45, 2.75) is 31.1 Å². The maximum absolute atomic E-state index is 13.1. The van der Waals surface area contributed by atoms with Crippen LogP contribution in [0.25, 0.3) is 0 Å². The van der Waals surface area contributed by atoms with Gasteiger partial charge >= 0.3 is 0 Å². The monoisotopic (exact) mass is 497 g/mol. The molecule has 0 aliphatic carbocycles. The van der Waals surface area contributed by atoms with Crippen LogP contribution in [0.1, 0.15) is 24.8 Å². The van der Waals surface area contributed by atoms with E-state index in [2.05, 4.69) is 4.99 Å². The first-order valence-corrected chi connectivity index (χ1v) is 13.0. The predicted molar refractivity (Wildman–Crippen MR) is 128 cm³/mol. The van der Waals surface area contributed by atoms with Crippen LogP contribution < -0.4 is 0 Å². The fourth-order valence-electron chi connectivity index (χ4n) is 3.14. The van der Waals surface area contributed by atoms with Crippen molar-refractivity contribution in [3.8, 4) is 0 Å². The maximum Gasteiger partial charge on any atom is 0.242 e. The highest BCUT2D eigenvalue weighted by Gasteiger charge is 2.25. The average Bonchev–Trinajstić information content (AvgIpc) is 2.76. The van der Waals surface area contributed by atoms with E-state index in [0.29, 0.717) is 28.8 Å². The second kappa shape index (κ2) is 10.8. The Balaban J connectivity index is 1.62. The van der Waals surface area contributed by atoms with E-state index in [-0.39, 0.29) is 23.8 Å². The minimum absolute atomic E-state index is 0.0198. The van der Waals surface area contributed by atoms with Gasteiger partial charge < -0.3 is 0 Å². The lowest BCUT2D eigenvalue weighted by atomic mass is 10.2. The second-order valence-corrected chi connectivity index (χ2v) is 11.0. The van der Waals surface area contributed by atoms with Gasteiger partial charge in [-0.3, -0.25) is 9.69 Å². The molecule has 3 rings (SSSR count). The molecular weight excluding hydrogens is 473 g/mol. The Hall–Kier alpha value is -1.94. The summed E-state index contributed by atoms with van der Waals surface area (Å²) < 4.78 is 39.5. The maximum atomic E-state index is 13.1. The number of sulfonamides is 1. The lowest BCUT2D eigenvalue weighted by Gasteiger charge is -2.28. The number of carbonyl (C=O) groups excluding carboxylic acids is 1. The number of thioether (sulfide) groups is 1. The van der Waals surface area contributed by atoms with E-state index in [1.165, 1.54) is 35.2 Å². The van der Waals surface area contributed by atoms with Gasteiger partial charge in [0, 0.05) is 37.3 Å². The smallest absolute Gasteiger partial charge is 0.242 e. The molecule has 0 aromatic heterocycles. The quantitative estimate of drug-likeness (QED) is 0.548. The molecule has 0 unspecified atom stereocenters. The first kappa shape index (κ1) is 24.7. The Morgan fingerprint density at radius 1 is 1.25 bits per heavy atom. The van der Waals surface area contributed by atoms with Crippen LogP contribution in [0.5, 0.6) is 0 Å². The molecule has 0 N–H and O–H groups in total. The molecular formula is C22H25ClFN3O3S2. The SMILES string of the molecule is Cc1ccc(N=C2SCCCN2C(=O)CCCN(C)S(=O)(=O)c2ccc(F)cc2)cc1Cl. The first-order chi connectivity index (χ1) is 15.2. The molecule has 10 heteroatoms. The normalized spacial score (nSPS) is 16.0. The fourth-order valence-corrected chi connectivity index (χ4v) is 5.50. The molecule has 1 amide bonds. The zero-order valence-electron chi connectivity index (χ0n) is 17.9. The molecule has 1 aliphatic heterocycles. The lowest BCUT2D eigenvalue weighted by Crippen LogP contribution is -2.39. The molecule has 2 aromatic carbocycles. The van der Waals surface area contributed by atoms with Crippen molar-refractivity contribution in [3.05, 3.63) is 58.9 Å². The van der Waals surface area contributed by atoms with E-state index in [1.807, 2.05) is 19.1 Å². The number of halogens is 2. The molecule has 0 radical (unpaired) electrons. The molecule has 1 aliphatic rings. The number of amides is 1. The summed E-state index contributed by atoms with van der Waals surface area (Å²) in [7, 11) is -2.28. The molecule has 0 atom stereocenters. The van der Waals surface area contributed by atoms with Gasteiger partial charge in [0.05, 0.1) is 10.6 Å². The van der Waals surface area contributed by atoms with E-state index in [0.717, 1.165) is 29.9 Å². The topological polar surface area (TPSA) is 70.1 Å². The first-order valence-electron chi connectivity index (χ1n) is 10.2. The van der Waals surface area contributed by atoms with Gasteiger partial charge in [-0.2, -0.15) is 0 Å². The summed E-state index contributed by atoms with van der Waals surface area (Å²) in [6.07, 6.45) is 1.42. The number of hydrogen-bond donors (Lipinski definition) is 0. The highest BCUT2D eigenvalue weighted by molar-refractivity contribution is 8.13. The summed E-state index contributed by atoms with van der Waals surface area (Å²) in [5, 5.41) is 1.25. The number of rotatable bonds is 7. The third kappa shape index (κ3) is 6.10. The van der Waals surface area contributed by atoms with Crippen molar-refractivity contribution < 1.29 is 17.6 Å². The van der Waals surface area contributed by atoms with Crippen molar-refractivity contribution in [3.63, 3.8) is 0 Å². The van der Waals surface area contributed by atoms with Gasteiger partial charge in [-0.1, -0.05) is 29.4 Å². The largest absolute Gasteiger partial charge is 0.291 e.